The van der Waals surface area contributed by atoms with E-state index in [0.29, 0.717) is 6.04 Å². The van der Waals surface area contributed by atoms with Crippen LogP contribution in [-0.2, 0) is 6.42 Å². The predicted molar refractivity (Wildman–Crippen MR) is 91.4 cm³/mol. The molecule has 1 aliphatic rings. The summed E-state index contributed by atoms with van der Waals surface area (Å²) in [7, 11) is 1.82. The van der Waals surface area contributed by atoms with E-state index < -0.39 is 0 Å². The molecule has 2 aromatic rings. The average Bonchev–Trinajstić information content (AvgIpc) is 2.98. The van der Waals surface area contributed by atoms with Crippen molar-refractivity contribution in [3.05, 3.63) is 27.4 Å². The van der Waals surface area contributed by atoms with Gasteiger partial charge in [0.05, 0.1) is 15.6 Å². The summed E-state index contributed by atoms with van der Waals surface area (Å²) in [6.45, 7) is 2.95. The Morgan fingerprint density at radius 1 is 1.43 bits per heavy atom. The monoisotopic (exact) mass is 320 g/mol. The van der Waals surface area contributed by atoms with Crippen LogP contribution in [0.2, 0.25) is 0 Å². The molecule has 4 nitrogen and oxygen atoms in total. The molecule has 2 aromatic heterocycles. The van der Waals surface area contributed by atoms with Gasteiger partial charge >= 0.3 is 0 Å². The molecule has 6 heteroatoms. The average molecular weight is 320 g/mol. The van der Waals surface area contributed by atoms with E-state index in [1.807, 2.05) is 25.3 Å². The molecule has 0 amide bonds. The number of aromatic nitrogens is 1. The van der Waals surface area contributed by atoms with Crippen molar-refractivity contribution in [1.82, 2.24) is 15.6 Å². The van der Waals surface area contributed by atoms with Crippen LogP contribution >= 0.6 is 22.7 Å². The summed E-state index contributed by atoms with van der Waals surface area (Å²) in [5.41, 5.74) is 1.10. The number of hydrogen-bond donors (Lipinski definition) is 2. The molecular weight excluding hydrogens is 300 g/mol. The normalized spacial score (nSPS) is 15.2. The summed E-state index contributed by atoms with van der Waals surface area (Å²) in [4.78, 5) is 11.4. The molecule has 0 radical (unpaired) electrons. The summed E-state index contributed by atoms with van der Waals surface area (Å²) >= 11 is 3.53. The first kappa shape index (κ1) is 14.5. The van der Waals surface area contributed by atoms with Gasteiger partial charge in [0.15, 0.2) is 5.96 Å². The first-order valence-corrected chi connectivity index (χ1v) is 8.92. The van der Waals surface area contributed by atoms with Crippen molar-refractivity contribution < 1.29 is 0 Å². The topological polar surface area (TPSA) is 49.3 Å². The second-order valence-corrected chi connectivity index (χ2v) is 7.42. The van der Waals surface area contributed by atoms with Gasteiger partial charge in [0.25, 0.3) is 0 Å². The number of aryl methyl sites for hydroxylation is 1. The number of thiophene rings is 1. The van der Waals surface area contributed by atoms with E-state index in [4.69, 9.17) is 0 Å². The lowest BCUT2D eigenvalue weighted by Gasteiger charge is -2.10. The third kappa shape index (κ3) is 4.04. The third-order valence-corrected chi connectivity index (χ3v) is 5.28. The van der Waals surface area contributed by atoms with Crippen molar-refractivity contribution in [2.45, 2.75) is 32.2 Å². The minimum absolute atomic E-state index is 0.637. The van der Waals surface area contributed by atoms with Crippen LogP contribution in [0.15, 0.2) is 22.5 Å². The Bertz CT molecular complexity index is 625. The summed E-state index contributed by atoms with van der Waals surface area (Å²) in [5, 5.41) is 10.0. The molecule has 0 bridgehead atoms. The van der Waals surface area contributed by atoms with Crippen LogP contribution in [-0.4, -0.2) is 30.6 Å². The molecule has 2 N–H and O–H groups in total. The van der Waals surface area contributed by atoms with Crippen molar-refractivity contribution in [3.63, 3.8) is 0 Å². The molecule has 0 saturated heterocycles. The summed E-state index contributed by atoms with van der Waals surface area (Å²) in [5.74, 6) is 0.921. The van der Waals surface area contributed by atoms with Crippen molar-refractivity contribution in [1.29, 1.82) is 0 Å². The van der Waals surface area contributed by atoms with Crippen molar-refractivity contribution >= 4 is 28.6 Å². The maximum absolute atomic E-state index is 4.54. The second-order valence-electron chi connectivity index (χ2n) is 5.19. The van der Waals surface area contributed by atoms with E-state index in [-0.39, 0.29) is 0 Å². The van der Waals surface area contributed by atoms with E-state index >= 15 is 0 Å². The lowest BCUT2D eigenvalue weighted by atomic mass is 10.3. The number of guanidine groups is 1. The number of rotatable bonds is 5. The maximum atomic E-state index is 4.54. The van der Waals surface area contributed by atoms with Gasteiger partial charge < -0.3 is 10.6 Å². The lowest BCUT2D eigenvalue weighted by Crippen LogP contribution is -2.39. The molecule has 0 unspecified atom stereocenters. The van der Waals surface area contributed by atoms with Gasteiger partial charge in [0.1, 0.15) is 0 Å². The number of aliphatic imine (C=N–C) groups is 1. The highest BCUT2D eigenvalue weighted by Crippen LogP contribution is 2.29. The van der Waals surface area contributed by atoms with Crippen molar-refractivity contribution in [2.75, 3.05) is 13.6 Å². The molecule has 0 aromatic carbocycles. The Morgan fingerprint density at radius 3 is 2.95 bits per heavy atom. The van der Waals surface area contributed by atoms with Gasteiger partial charge in [-0.05, 0) is 38.3 Å². The molecule has 2 heterocycles. The zero-order valence-corrected chi connectivity index (χ0v) is 14.0. The summed E-state index contributed by atoms with van der Waals surface area (Å²) in [6.07, 6.45) is 3.54. The van der Waals surface area contributed by atoms with Gasteiger partial charge in [-0.2, -0.15) is 0 Å². The van der Waals surface area contributed by atoms with Crippen LogP contribution in [0.5, 0.6) is 0 Å². The largest absolute Gasteiger partial charge is 0.356 e. The third-order valence-electron chi connectivity index (χ3n) is 3.34. The van der Waals surface area contributed by atoms with E-state index in [9.17, 15) is 0 Å². The first-order valence-electron chi connectivity index (χ1n) is 7.23. The highest BCUT2D eigenvalue weighted by atomic mass is 32.1. The zero-order chi connectivity index (χ0) is 14.7. The highest BCUT2D eigenvalue weighted by molar-refractivity contribution is 7.16. The van der Waals surface area contributed by atoms with Gasteiger partial charge in [-0.3, -0.25) is 4.99 Å². The van der Waals surface area contributed by atoms with E-state index in [1.165, 1.54) is 22.6 Å². The lowest BCUT2D eigenvalue weighted by molar-refractivity contribution is 0.796. The van der Waals surface area contributed by atoms with E-state index in [1.54, 1.807) is 11.3 Å². The molecule has 1 aliphatic carbocycles. The predicted octanol–water partition coefficient (Wildman–Crippen LogP) is 3.05. The number of nitrogens with one attached hydrogen (secondary N) is 2. The van der Waals surface area contributed by atoms with Crippen LogP contribution < -0.4 is 10.6 Å². The van der Waals surface area contributed by atoms with Crippen LogP contribution in [0.3, 0.4) is 0 Å². The number of hydrogen-bond acceptors (Lipinski definition) is 4. The molecule has 3 rings (SSSR count). The quantitative estimate of drug-likeness (QED) is 0.657. The molecule has 0 atom stereocenters. The maximum Gasteiger partial charge on any atom is 0.191 e. The Kier molecular flexibility index (Phi) is 4.55. The fourth-order valence-corrected chi connectivity index (χ4v) is 3.70. The van der Waals surface area contributed by atoms with Crippen LogP contribution in [0.4, 0.5) is 0 Å². The summed E-state index contributed by atoms with van der Waals surface area (Å²) < 4.78 is 0. The van der Waals surface area contributed by atoms with Crippen molar-refractivity contribution in [2.24, 2.45) is 4.99 Å². The molecule has 1 saturated carbocycles. The van der Waals surface area contributed by atoms with Gasteiger partial charge in [0.2, 0.25) is 0 Å². The SMILES string of the molecule is CN=C(NCCc1ccc(-c2csc(C)n2)s1)NC1CC1. The van der Waals surface area contributed by atoms with Crippen LogP contribution in [0.25, 0.3) is 10.6 Å². The van der Waals surface area contributed by atoms with Gasteiger partial charge in [-0.15, -0.1) is 22.7 Å². The Balaban J connectivity index is 1.50. The van der Waals surface area contributed by atoms with Gasteiger partial charge in [0, 0.05) is 29.9 Å². The van der Waals surface area contributed by atoms with E-state index in [2.05, 4.69) is 38.1 Å². The van der Waals surface area contributed by atoms with Crippen LogP contribution in [0, 0.1) is 6.92 Å². The van der Waals surface area contributed by atoms with Crippen molar-refractivity contribution in [3.8, 4) is 10.6 Å². The molecular formula is C15H20N4S2. The Morgan fingerprint density at radius 2 is 2.29 bits per heavy atom. The standard InChI is InChI=1S/C15H20N4S2/c1-10-18-13(9-20-10)14-6-5-12(21-14)7-8-17-15(16-2)19-11-3-4-11/h5-6,9,11H,3-4,7-8H2,1-2H3,(H2,16,17,19). The second kappa shape index (κ2) is 6.58. The van der Waals surface area contributed by atoms with Gasteiger partial charge in [-0.1, -0.05) is 0 Å². The smallest absolute Gasteiger partial charge is 0.191 e. The highest BCUT2D eigenvalue weighted by Gasteiger charge is 2.21. The molecule has 1 fully saturated rings. The zero-order valence-electron chi connectivity index (χ0n) is 12.3. The fraction of sp³-hybridized carbons (Fsp3) is 0.467. The van der Waals surface area contributed by atoms with E-state index in [0.717, 1.165) is 29.6 Å². The summed E-state index contributed by atoms with van der Waals surface area (Å²) in [6, 6.07) is 5.01. The Hall–Kier alpha value is -1.40. The molecule has 21 heavy (non-hydrogen) atoms. The Labute approximate surface area is 133 Å². The van der Waals surface area contributed by atoms with Gasteiger partial charge in [-0.25, -0.2) is 4.98 Å². The van der Waals surface area contributed by atoms with Crippen LogP contribution in [0.1, 0.15) is 22.7 Å². The first-order chi connectivity index (χ1) is 10.2. The molecule has 112 valence electrons. The number of nitrogens with zero attached hydrogens (tertiary/aromatic N) is 2. The molecule has 0 spiro atoms. The molecule has 0 aliphatic heterocycles. The minimum atomic E-state index is 0.637. The minimum Gasteiger partial charge on any atom is -0.356 e. The number of thiazole rings is 1. The fourth-order valence-electron chi connectivity index (χ4n) is 2.05.